The Morgan fingerprint density at radius 2 is 1.82 bits per heavy atom. The summed E-state index contributed by atoms with van der Waals surface area (Å²) < 4.78 is 0. The first-order chi connectivity index (χ1) is 7.56. The molecule has 0 amide bonds. The molecule has 17 heavy (non-hydrogen) atoms. The summed E-state index contributed by atoms with van der Waals surface area (Å²) in [4.78, 5) is 2.47. The Bertz CT molecular complexity index is 367. The number of rotatable bonds is 2. The highest BCUT2D eigenvalue weighted by atomic mass is 35.5. The topological polar surface area (TPSA) is 29.3 Å². The number of hydrogen-bond donors (Lipinski definition) is 1. The predicted octanol–water partition coefficient (Wildman–Crippen LogP) is 2.57. The second kappa shape index (κ2) is 5.85. The number of aryl methyl sites for hydroxylation is 3. The summed E-state index contributed by atoms with van der Waals surface area (Å²) in [6.45, 7) is 9.85. The molecule has 1 aliphatic rings. The highest BCUT2D eigenvalue weighted by Gasteiger charge is 2.19. The quantitative estimate of drug-likeness (QED) is 0.879. The molecule has 2 N–H and O–H groups in total. The summed E-state index contributed by atoms with van der Waals surface area (Å²) in [5, 5.41) is 0. The fraction of sp³-hybridized carbons (Fsp3) is 0.571. The first-order valence-corrected chi connectivity index (χ1v) is 6.11. The lowest BCUT2D eigenvalue weighted by Gasteiger charge is -2.19. The van der Waals surface area contributed by atoms with Crippen molar-refractivity contribution < 1.29 is 0 Å². The molecule has 1 aromatic carbocycles. The van der Waals surface area contributed by atoms with Crippen molar-refractivity contribution in [3.05, 3.63) is 34.4 Å². The first kappa shape index (κ1) is 14.5. The maximum absolute atomic E-state index is 5.94. The van der Waals surface area contributed by atoms with E-state index in [0.717, 1.165) is 26.1 Å². The molecule has 0 bridgehead atoms. The Labute approximate surface area is 111 Å². The maximum atomic E-state index is 5.94. The molecule has 0 aliphatic carbocycles. The summed E-state index contributed by atoms with van der Waals surface area (Å²) in [6, 6.07) is 4.93. The molecular weight excluding hydrogens is 232 g/mol. The van der Waals surface area contributed by atoms with E-state index < -0.39 is 0 Å². The molecule has 1 aromatic rings. The Balaban J connectivity index is 0.00000144. The Morgan fingerprint density at radius 3 is 2.29 bits per heavy atom. The normalized spacial score (nSPS) is 20.4. The van der Waals surface area contributed by atoms with Crippen molar-refractivity contribution in [1.82, 2.24) is 4.90 Å². The van der Waals surface area contributed by atoms with Crippen molar-refractivity contribution in [1.29, 1.82) is 0 Å². The van der Waals surface area contributed by atoms with E-state index in [1.165, 1.54) is 22.3 Å². The van der Waals surface area contributed by atoms with Crippen LogP contribution in [0.3, 0.4) is 0 Å². The highest BCUT2D eigenvalue weighted by molar-refractivity contribution is 5.85. The molecule has 1 saturated heterocycles. The number of halogens is 1. The first-order valence-electron chi connectivity index (χ1n) is 6.11. The van der Waals surface area contributed by atoms with Crippen molar-refractivity contribution in [2.75, 3.05) is 13.1 Å². The van der Waals surface area contributed by atoms with E-state index in [1.54, 1.807) is 0 Å². The number of benzene rings is 1. The highest BCUT2D eigenvalue weighted by Crippen LogP contribution is 2.20. The average molecular weight is 255 g/mol. The monoisotopic (exact) mass is 254 g/mol. The summed E-state index contributed by atoms with van der Waals surface area (Å²) in [7, 11) is 0. The van der Waals surface area contributed by atoms with E-state index in [9.17, 15) is 0 Å². The van der Waals surface area contributed by atoms with Crippen LogP contribution < -0.4 is 5.73 Å². The van der Waals surface area contributed by atoms with Gasteiger partial charge in [-0.3, -0.25) is 4.90 Å². The van der Waals surface area contributed by atoms with Crippen LogP contribution in [0.2, 0.25) is 0 Å². The largest absolute Gasteiger partial charge is 0.326 e. The molecule has 0 radical (unpaired) electrons. The third-order valence-electron chi connectivity index (χ3n) is 3.53. The van der Waals surface area contributed by atoms with Gasteiger partial charge in [0.25, 0.3) is 0 Å². The van der Waals surface area contributed by atoms with Gasteiger partial charge in [0.15, 0.2) is 0 Å². The minimum absolute atomic E-state index is 0. The average Bonchev–Trinajstić information content (AvgIpc) is 2.58. The molecule has 1 aliphatic heterocycles. The molecule has 2 nitrogen and oxygen atoms in total. The van der Waals surface area contributed by atoms with Crippen LogP contribution in [0, 0.1) is 20.8 Å². The van der Waals surface area contributed by atoms with Crippen LogP contribution in [-0.4, -0.2) is 24.0 Å². The smallest absolute Gasteiger partial charge is 0.0239 e. The van der Waals surface area contributed by atoms with Gasteiger partial charge in [-0.1, -0.05) is 17.7 Å². The van der Waals surface area contributed by atoms with E-state index in [-0.39, 0.29) is 12.4 Å². The summed E-state index contributed by atoms with van der Waals surface area (Å²) in [6.07, 6.45) is 1.14. The van der Waals surface area contributed by atoms with E-state index in [1.807, 2.05) is 0 Å². The Morgan fingerprint density at radius 1 is 1.24 bits per heavy atom. The minimum atomic E-state index is 0. The molecule has 96 valence electrons. The van der Waals surface area contributed by atoms with Gasteiger partial charge in [-0.05, 0) is 43.9 Å². The lowest BCUT2D eigenvalue weighted by molar-refractivity contribution is 0.325. The van der Waals surface area contributed by atoms with E-state index >= 15 is 0 Å². The molecule has 1 fully saturated rings. The summed E-state index contributed by atoms with van der Waals surface area (Å²) in [5.41, 5.74) is 11.6. The van der Waals surface area contributed by atoms with Crippen LogP contribution in [-0.2, 0) is 6.54 Å². The van der Waals surface area contributed by atoms with Crippen LogP contribution >= 0.6 is 12.4 Å². The maximum Gasteiger partial charge on any atom is 0.0239 e. The van der Waals surface area contributed by atoms with Crippen LogP contribution in [0.25, 0.3) is 0 Å². The van der Waals surface area contributed by atoms with Gasteiger partial charge >= 0.3 is 0 Å². The molecule has 0 spiro atoms. The Hall–Kier alpha value is -0.570. The van der Waals surface area contributed by atoms with Gasteiger partial charge in [-0.2, -0.15) is 0 Å². The van der Waals surface area contributed by atoms with Crippen molar-refractivity contribution in [2.24, 2.45) is 5.73 Å². The fourth-order valence-electron chi connectivity index (χ4n) is 2.69. The fourth-order valence-corrected chi connectivity index (χ4v) is 2.69. The van der Waals surface area contributed by atoms with Gasteiger partial charge in [-0.15, -0.1) is 12.4 Å². The number of nitrogens with zero attached hydrogens (tertiary/aromatic N) is 1. The van der Waals surface area contributed by atoms with Gasteiger partial charge < -0.3 is 5.73 Å². The van der Waals surface area contributed by atoms with Crippen LogP contribution in [0.15, 0.2) is 12.1 Å². The van der Waals surface area contributed by atoms with E-state index in [2.05, 4.69) is 37.8 Å². The molecule has 0 unspecified atom stereocenters. The van der Waals surface area contributed by atoms with Gasteiger partial charge in [-0.25, -0.2) is 0 Å². The second-order valence-corrected chi connectivity index (χ2v) is 5.16. The molecule has 1 atom stereocenters. The Kier molecular flexibility index (Phi) is 4.99. The lowest BCUT2D eigenvalue weighted by Crippen LogP contribution is -2.26. The number of likely N-dealkylation sites (tertiary alicyclic amines) is 1. The predicted molar refractivity (Wildman–Crippen MR) is 75.8 cm³/mol. The van der Waals surface area contributed by atoms with Crippen molar-refractivity contribution in [3.8, 4) is 0 Å². The van der Waals surface area contributed by atoms with E-state index in [4.69, 9.17) is 5.73 Å². The van der Waals surface area contributed by atoms with Crippen LogP contribution in [0.1, 0.15) is 28.7 Å². The second-order valence-electron chi connectivity index (χ2n) is 5.16. The zero-order valence-electron chi connectivity index (χ0n) is 11.0. The third kappa shape index (κ3) is 3.44. The zero-order valence-corrected chi connectivity index (χ0v) is 11.8. The molecule has 2 rings (SSSR count). The van der Waals surface area contributed by atoms with Gasteiger partial charge in [0, 0.05) is 25.7 Å². The summed E-state index contributed by atoms with van der Waals surface area (Å²) >= 11 is 0. The van der Waals surface area contributed by atoms with Crippen molar-refractivity contribution >= 4 is 12.4 Å². The molecule has 1 heterocycles. The molecule has 0 aromatic heterocycles. The zero-order chi connectivity index (χ0) is 11.7. The SMILES string of the molecule is Cc1cc(C)c(CN2CC[C@@H](N)C2)c(C)c1.Cl. The van der Waals surface area contributed by atoms with Crippen LogP contribution in [0.5, 0.6) is 0 Å². The van der Waals surface area contributed by atoms with Crippen LogP contribution in [0.4, 0.5) is 0 Å². The van der Waals surface area contributed by atoms with Crippen molar-refractivity contribution in [3.63, 3.8) is 0 Å². The number of nitrogens with two attached hydrogens (primary N) is 1. The molecule has 3 heteroatoms. The van der Waals surface area contributed by atoms with Gasteiger partial charge in [0.1, 0.15) is 0 Å². The molecule has 0 saturated carbocycles. The lowest BCUT2D eigenvalue weighted by atomic mass is 9.99. The van der Waals surface area contributed by atoms with Gasteiger partial charge in [0.05, 0.1) is 0 Å². The minimum Gasteiger partial charge on any atom is -0.326 e. The third-order valence-corrected chi connectivity index (χ3v) is 3.53. The number of hydrogen-bond acceptors (Lipinski definition) is 2. The van der Waals surface area contributed by atoms with Crippen molar-refractivity contribution in [2.45, 2.75) is 39.8 Å². The standard InChI is InChI=1S/C14H22N2.ClH/c1-10-6-11(2)14(12(3)7-10)9-16-5-4-13(15)8-16;/h6-7,13H,4-5,8-9,15H2,1-3H3;1H/t13-;/m1./s1. The molecular formula is C14H23ClN2. The summed E-state index contributed by atoms with van der Waals surface area (Å²) in [5.74, 6) is 0. The van der Waals surface area contributed by atoms with E-state index in [0.29, 0.717) is 6.04 Å². The van der Waals surface area contributed by atoms with Gasteiger partial charge in [0.2, 0.25) is 0 Å².